The number of halogens is 2. The molecule has 1 unspecified atom stereocenters. The van der Waals surface area contributed by atoms with Gasteiger partial charge in [-0.05, 0) is 35.9 Å². The quantitative estimate of drug-likeness (QED) is 0.890. The summed E-state index contributed by atoms with van der Waals surface area (Å²) in [5.74, 6) is 0.478. The Hall–Kier alpha value is -1.59. The average Bonchev–Trinajstić information content (AvgIpc) is 2.51. The number of ether oxygens (including phenoxy) is 1. The molecule has 0 bridgehead atoms. The number of rotatable bonds is 5. The van der Waals surface area contributed by atoms with E-state index in [-0.39, 0.29) is 11.9 Å². The van der Waals surface area contributed by atoms with Gasteiger partial charge in [0.25, 0.3) is 0 Å². The molecule has 5 heteroatoms. The minimum Gasteiger partial charge on any atom is -0.495 e. The van der Waals surface area contributed by atoms with Gasteiger partial charge in [-0.1, -0.05) is 28.1 Å². The predicted molar refractivity (Wildman–Crippen MR) is 87.3 cm³/mol. The number of nitrogens with zero attached hydrogens (tertiary/aromatic N) is 1. The third-order valence-corrected chi connectivity index (χ3v) is 4.20. The van der Waals surface area contributed by atoms with Crippen LogP contribution >= 0.6 is 15.9 Å². The molecule has 0 amide bonds. The zero-order chi connectivity index (χ0) is 15.4. The highest BCUT2D eigenvalue weighted by Gasteiger charge is 2.21. The molecule has 2 aromatic carbocycles. The van der Waals surface area contributed by atoms with Crippen molar-refractivity contribution < 1.29 is 9.13 Å². The molecule has 2 rings (SSSR count). The lowest BCUT2D eigenvalue weighted by Gasteiger charge is -2.31. The molecule has 0 aliphatic rings. The van der Waals surface area contributed by atoms with Gasteiger partial charge in [0.2, 0.25) is 0 Å². The largest absolute Gasteiger partial charge is 0.495 e. The van der Waals surface area contributed by atoms with Gasteiger partial charge >= 0.3 is 0 Å². The second kappa shape index (κ2) is 6.91. The maximum atomic E-state index is 13.6. The van der Waals surface area contributed by atoms with Crippen molar-refractivity contribution in [1.82, 2.24) is 0 Å². The third kappa shape index (κ3) is 3.36. The Bertz CT molecular complexity index is 621. The van der Waals surface area contributed by atoms with Crippen molar-refractivity contribution in [1.29, 1.82) is 0 Å². The number of likely N-dealkylation sites (N-methyl/N-ethyl adjacent to an activating group) is 1. The fourth-order valence-corrected chi connectivity index (χ4v) is 2.86. The summed E-state index contributed by atoms with van der Waals surface area (Å²) in [6, 6.07) is 12.1. The van der Waals surface area contributed by atoms with Crippen molar-refractivity contribution in [2.24, 2.45) is 5.73 Å². The number of hydrogen-bond donors (Lipinski definition) is 1. The van der Waals surface area contributed by atoms with E-state index < -0.39 is 0 Å². The molecule has 0 spiro atoms. The molecule has 0 aliphatic heterocycles. The summed E-state index contributed by atoms with van der Waals surface area (Å²) in [6.45, 7) is 0.358. The van der Waals surface area contributed by atoms with Crippen LogP contribution in [0.1, 0.15) is 11.6 Å². The Morgan fingerprint density at radius 1 is 1.29 bits per heavy atom. The molecular formula is C16H18BrFN2O. The number of nitrogens with two attached hydrogens (primary N) is 1. The lowest BCUT2D eigenvalue weighted by atomic mass is 10.0. The van der Waals surface area contributed by atoms with Gasteiger partial charge in [0.05, 0.1) is 18.8 Å². The first kappa shape index (κ1) is 15.8. The Labute approximate surface area is 132 Å². The second-order valence-electron chi connectivity index (χ2n) is 4.70. The molecule has 112 valence electrons. The van der Waals surface area contributed by atoms with Crippen LogP contribution in [0.25, 0.3) is 0 Å². The average molecular weight is 353 g/mol. The van der Waals surface area contributed by atoms with E-state index in [1.807, 2.05) is 36.2 Å². The molecule has 3 nitrogen and oxygen atoms in total. The molecule has 0 saturated carbocycles. The molecule has 2 aromatic rings. The van der Waals surface area contributed by atoms with E-state index in [4.69, 9.17) is 10.5 Å². The van der Waals surface area contributed by atoms with Crippen LogP contribution < -0.4 is 15.4 Å². The van der Waals surface area contributed by atoms with Gasteiger partial charge in [-0.3, -0.25) is 0 Å². The first-order valence-corrected chi connectivity index (χ1v) is 7.38. The molecule has 0 saturated heterocycles. The lowest BCUT2D eigenvalue weighted by Crippen LogP contribution is -2.31. The van der Waals surface area contributed by atoms with E-state index in [1.165, 1.54) is 12.1 Å². The number of para-hydroxylation sites is 2. The van der Waals surface area contributed by atoms with E-state index in [9.17, 15) is 4.39 Å². The molecule has 1 atom stereocenters. The van der Waals surface area contributed by atoms with E-state index in [0.717, 1.165) is 21.5 Å². The standard InChI is InChI=1S/C16H18BrFN2O/c1-20(14-5-3-4-6-16(14)21-2)15(10-19)12-9-11(18)7-8-13(12)17/h3-9,15H,10,19H2,1-2H3. The van der Waals surface area contributed by atoms with Crippen LogP contribution in [-0.2, 0) is 0 Å². The first-order chi connectivity index (χ1) is 10.1. The summed E-state index contributed by atoms with van der Waals surface area (Å²) in [6.07, 6.45) is 0. The monoisotopic (exact) mass is 352 g/mol. The van der Waals surface area contributed by atoms with Gasteiger partial charge in [-0.25, -0.2) is 4.39 Å². The summed E-state index contributed by atoms with van der Waals surface area (Å²) < 4.78 is 19.8. The van der Waals surface area contributed by atoms with Crippen LogP contribution in [0.2, 0.25) is 0 Å². The minimum absolute atomic E-state index is 0.161. The van der Waals surface area contributed by atoms with Crippen molar-refractivity contribution in [3.05, 3.63) is 58.3 Å². The summed E-state index contributed by atoms with van der Waals surface area (Å²) >= 11 is 3.47. The fraction of sp³-hybridized carbons (Fsp3) is 0.250. The Kier molecular flexibility index (Phi) is 5.20. The third-order valence-electron chi connectivity index (χ3n) is 3.47. The van der Waals surface area contributed by atoms with Crippen molar-refractivity contribution in [3.63, 3.8) is 0 Å². The molecular weight excluding hydrogens is 335 g/mol. The molecule has 0 radical (unpaired) electrons. The molecule has 21 heavy (non-hydrogen) atoms. The Morgan fingerprint density at radius 3 is 2.67 bits per heavy atom. The highest BCUT2D eigenvalue weighted by molar-refractivity contribution is 9.10. The maximum Gasteiger partial charge on any atom is 0.142 e. The minimum atomic E-state index is -0.278. The number of anilines is 1. The van der Waals surface area contributed by atoms with Crippen molar-refractivity contribution >= 4 is 21.6 Å². The fourth-order valence-electron chi connectivity index (χ4n) is 2.35. The van der Waals surface area contributed by atoms with Gasteiger partial charge < -0.3 is 15.4 Å². The summed E-state index contributed by atoms with van der Waals surface area (Å²) in [4.78, 5) is 2.00. The lowest BCUT2D eigenvalue weighted by molar-refractivity contribution is 0.413. The molecule has 0 aliphatic carbocycles. The van der Waals surface area contributed by atoms with Crippen molar-refractivity contribution in [3.8, 4) is 5.75 Å². The van der Waals surface area contributed by atoms with Crippen LogP contribution in [0, 0.1) is 5.82 Å². The maximum absolute atomic E-state index is 13.6. The van der Waals surface area contributed by atoms with Crippen LogP contribution in [0.4, 0.5) is 10.1 Å². The van der Waals surface area contributed by atoms with Gasteiger partial charge in [0.1, 0.15) is 11.6 Å². The summed E-state index contributed by atoms with van der Waals surface area (Å²) in [7, 11) is 3.55. The Morgan fingerprint density at radius 2 is 2.00 bits per heavy atom. The normalized spacial score (nSPS) is 12.0. The summed E-state index contributed by atoms with van der Waals surface area (Å²) in [5, 5.41) is 0. The second-order valence-corrected chi connectivity index (χ2v) is 5.55. The smallest absolute Gasteiger partial charge is 0.142 e. The highest BCUT2D eigenvalue weighted by Crippen LogP contribution is 2.35. The highest BCUT2D eigenvalue weighted by atomic mass is 79.9. The van der Waals surface area contributed by atoms with Crippen LogP contribution in [0.5, 0.6) is 5.75 Å². The van der Waals surface area contributed by atoms with Gasteiger partial charge in [-0.2, -0.15) is 0 Å². The van der Waals surface area contributed by atoms with E-state index >= 15 is 0 Å². The molecule has 2 N–H and O–H groups in total. The zero-order valence-corrected chi connectivity index (χ0v) is 13.6. The van der Waals surface area contributed by atoms with Gasteiger partial charge in [-0.15, -0.1) is 0 Å². The van der Waals surface area contributed by atoms with Crippen LogP contribution in [-0.4, -0.2) is 20.7 Å². The molecule has 0 heterocycles. The van der Waals surface area contributed by atoms with Crippen LogP contribution in [0.3, 0.4) is 0 Å². The van der Waals surface area contributed by atoms with E-state index in [2.05, 4.69) is 15.9 Å². The summed E-state index contributed by atoms with van der Waals surface area (Å²) in [5.41, 5.74) is 7.65. The Balaban J connectivity index is 2.43. The number of methoxy groups -OCH3 is 1. The topological polar surface area (TPSA) is 38.5 Å². The van der Waals surface area contributed by atoms with E-state index in [1.54, 1.807) is 13.2 Å². The number of benzene rings is 2. The number of hydrogen-bond acceptors (Lipinski definition) is 3. The van der Waals surface area contributed by atoms with Crippen molar-refractivity contribution in [2.75, 3.05) is 25.6 Å². The zero-order valence-electron chi connectivity index (χ0n) is 12.0. The molecule has 0 fully saturated rings. The van der Waals surface area contributed by atoms with Gasteiger partial charge in [0, 0.05) is 18.1 Å². The van der Waals surface area contributed by atoms with Gasteiger partial charge in [0.15, 0.2) is 0 Å². The van der Waals surface area contributed by atoms with Crippen LogP contribution in [0.15, 0.2) is 46.9 Å². The van der Waals surface area contributed by atoms with E-state index in [0.29, 0.717) is 6.54 Å². The molecule has 0 aromatic heterocycles. The SMILES string of the molecule is COc1ccccc1N(C)C(CN)c1cc(F)ccc1Br. The van der Waals surface area contributed by atoms with Crippen molar-refractivity contribution in [2.45, 2.75) is 6.04 Å². The predicted octanol–water partition coefficient (Wildman–Crippen LogP) is 3.73. The first-order valence-electron chi connectivity index (χ1n) is 6.59.